The molecule has 0 radical (unpaired) electrons. The lowest BCUT2D eigenvalue weighted by Gasteiger charge is -2.45. The summed E-state index contributed by atoms with van der Waals surface area (Å²) in [6.07, 6.45) is -17.5. The van der Waals surface area contributed by atoms with Crippen molar-refractivity contribution < 1.29 is 67.7 Å². The molecule has 10 atom stereocenters. The van der Waals surface area contributed by atoms with Crippen LogP contribution in [0.15, 0.2) is 0 Å². The van der Waals surface area contributed by atoms with Crippen LogP contribution in [-0.2, 0) is 29.3 Å². The fraction of sp³-hybridized carbons (Fsp3) is 0.917. The predicted molar refractivity (Wildman–Crippen MR) is 81.6 cm³/mol. The Morgan fingerprint density at radius 1 is 1.00 bits per heavy atom. The molecular weight excluding hydrogens is 414 g/mol. The summed E-state index contributed by atoms with van der Waals surface area (Å²) in [6, 6.07) is -1.92. The first-order valence-electron chi connectivity index (χ1n) is 7.82. The first kappa shape index (κ1) is 23.3. The number of carboxylic acids is 1. The second-order valence-electron chi connectivity index (χ2n) is 6.19. The molecule has 16 heteroatoms. The van der Waals surface area contributed by atoms with Crippen LogP contribution in [0.3, 0.4) is 0 Å². The van der Waals surface area contributed by atoms with Crippen molar-refractivity contribution in [3.05, 3.63) is 0 Å². The minimum atomic E-state index is -4.98. The largest absolute Gasteiger partial charge is 0.479 e. The zero-order valence-electron chi connectivity index (χ0n) is 13.9. The van der Waals surface area contributed by atoms with Crippen molar-refractivity contribution in [3.63, 3.8) is 0 Å². The minimum Gasteiger partial charge on any atom is -0.479 e. The third-order valence-electron chi connectivity index (χ3n) is 4.26. The molecule has 0 aliphatic carbocycles. The van der Waals surface area contributed by atoms with Gasteiger partial charge in [-0.1, -0.05) is 0 Å². The number of aliphatic carboxylic acids is 1. The number of rotatable bonds is 6. The highest BCUT2D eigenvalue weighted by molar-refractivity contribution is 7.83. The molecule has 2 rings (SSSR count). The molecule has 0 spiro atoms. The number of nitrogens with one attached hydrogen (secondary N) is 1. The maximum atomic E-state index is 11.3. The van der Waals surface area contributed by atoms with E-state index < -0.39 is 84.2 Å². The van der Waals surface area contributed by atoms with Gasteiger partial charge >= 0.3 is 16.3 Å². The Morgan fingerprint density at radius 2 is 1.61 bits per heavy atom. The van der Waals surface area contributed by atoms with Crippen LogP contribution in [0.1, 0.15) is 0 Å². The Morgan fingerprint density at radius 3 is 2.11 bits per heavy atom. The first-order valence-corrected chi connectivity index (χ1v) is 9.26. The Bertz CT molecular complexity index is 659. The van der Waals surface area contributed by atoms with Crippen molar-refractivity contribution in [2.75, 3.05) is 6.61 Å². The Labute approximate surface area is 157 Å². The molecule has 0 bridgehead atoms. The second kappa shape index (κ2) is 8.78. The van der Waals surface area contributed by atoms with E-state index in [9.17, 15) is 49.0 Å². The average Bonchev–Trinajstić information content (AvgIpc) is 2.59. The van der Waals surface area contributed by atoms with Crippen molar-refractivity contribution in [2.24, 2.45) is 0 Å². The van der Waals surface area contributed by atoms with Crippen LogP contribution >= 0.6 is 0 Å². The smallest absolute Gasteiger partial charge is 0.335 e. The van der Waals surface area contributed by atoms with Gasteiger partial charge in [0.15, 0.2) is 18.7 Å². The standard InChI is InChI=1S/C12H21NO14S/c14-1-2-4(15)5(16)3(13-28(22,23)24)12(25-2)27-8-6(17)7(18)11(21)26-9(8)10(19)20/h2-9,11-18,21H,1H2,(H,19,20)(H,22,23,24)/t2-,3-,4-,5-,6-,7-,8+,9+,11-,12-/m1/s1. The van der Waals surface area contributed by atoms with Crippen molar-refractivity contribution in [1.29, 1.82) is 0 Å². The maximum absolute atomic E-state index is 11.3. The molecule has 0 aromatic rings. The normalized spacial score (nSPS) is 45.0. The molecule has 2 saturated heterocycles. The van der Waals surface area contributed by atoms with Gasteiger partial charge in [0.2, 0.25) is 0 Å². The quantitative estimate of drug-likeness (QED) is 0.176. The molecule has 0 unspecified atom stereocenters. The molecule has 2 aliphatic heterocycles. The SMILES string of the molecule is O=C(O)[C@H]1O[C@@H](O)[C@H](O)[C@@H](O)[C@@H]1O[C@H]1O[C@H](CO)[C@@H](O)[C@H](O)[C@H]1NS(=O)(=O)O. The first-order chi connectivity index (χ1) is 12.9. The summed E-state index contributed by atoms with van der Waals surface area (Å²) in [5.41, 5.74) is 0. The molecule has 2 fully saturated rings. The van der Waals surface area contributed by atoms with Crippen molar-refractivity contribution in [3.8, 4) is 0 Å². The third kappa shape index (κ3) is 4.93. The van der Waals surface area contributed by atoms with Crippen molar-refractivity contribution >= 4 is 16.3 Å². The lowest BCUT2D eigenvalue weighted by atomic mass is 9.96. The summed E-state index contributed by atoms with van der Waals surface area (Å²) in [7, 11) is -4.98. The van der Waals surface area contributed by atoms with Gasteiger partial charge in [0.25, 0.3) is 0 Å². The Kier molecular flexibility index (Phi) is 7.29. The number of aliphatic hydroxyl groups excluding tert-OH is 6. The Balaban J connectivity index is 2.32. The van der Waals surface area contributed by atoms with Crippen LogP contribution < -0.4 is 4.72 Å². The van der Waals surface area contributed by atoms with Gasteiger partial charge in [0, 0.05) is 0 Å². The van der Waals surface area contributed by atoms with Gasteiger partial charge in [-0.15, -0.1) is 0 Å². The van der Waals surface area contributed by atoms with E-state index in [2.05, 4.69) is 4.74 Å². The van der Waals surface area contributed by atoms with Crippen LogP contribution in [0.25, 0.3) is 0 Å². The highest BCUT2D eigenvalue weighted by Crippen LogP contribution is 2.29. The van der Waals surface area contributed by atoms with Crippen LogP contribution in [0, 0.1) is 0 Å². The van der Waals surface area contributed by atoms with Gasteiger partial charge in [-0.2, -0.15) is 13.1 Å². The second-order valence-corrected chi connectivity index (χ2v) is 7.38. The van der Waals surface area contributed by atoms with Gasteiger partial charge in [-0.25, -0.2) is 4.79 Å². The van der Waals surface area contributed by atoms with Gasteiger partial charge in [-0.05, 0) is 0 Å². The van der Waals surface area contributed by atoms with Crippen molar-refractivity contribution in [1.82, 2.24) is 4.72 Å². The summed E-state index contributed by atoms with van der Waals surface area (Å²) in [5.74, 6) is -1.73. The van der Waals surface area contributed by atoms with E-state index in [1.54, 1.807) is 0 Å². The van der Waals surface area contributed by atoms with Gasteiger partial charge in [-0.3, -0.25) is 4.55 Å². The van der Waals surface area contributed by atoms with E-state index in [0.717, 1.165) is 0 Å². The maximum Gasteiger partial charge on any atom is 0.335 e. The topological polar surface area (TPSA) is 253 Å². The zero-order valence-corrected chi connectivity index (χ0v) is 14.7. The van der Waals surface area contributed by atoms with Crippen LogP contribution in [0.2, 0.25) is 0 Å². The van der Waals surface area contributed by atoms with Gasteiger partial charge < -0.3 is 50.0 Å². The van der Waals surface area contributed by atoms with Crippen molar-refractivity contribution in [2.45, 2.75) is 61.3 Å². The number of aliphatic hydroxyl groups is 6. The Hall–Kier alpha value is -1.02. The number of carbonyl (C=O) groups is 1. The summed E-state index contributed by atoms with van der Waals surface area (Å²) >= 11 is 0. The number of hydrogen-bond donors (Lipinski definition) is 9. The van der Waals surface area contributed by atoms with E-state index in [4.69, 9.17) is 14.0 Å². The fourth-order valence-corrected chi connectivity index (χ4v) is 3.45. The fourth-order valence-electron chi connectivity index (χ4n) is 2.85. The molecule has 9 N–H and O–H groups in total. The molecule has 15 nitrogen and oxygen atoms in total. The molecule has 164 valence electrons. The lowest BCUT2D eigenvalue weighted by Crippen LogP contribution is -2.68. The van der Waals surface area contributed by atoms with Crippen LogP contribution in [0.4, 0.5) is 0 Å². The molecular formula is C12H21NO14S. The highest BCUT2D eigenvalue weighted by atomic mass is 32.2. The van der Waals surface area contributed by atoms with E-state index >= 15 is 0 Å². The molecule has 28 heavy (non-hydrogen) atoms. The molecule has 2 heterocycles. The monoisotopic (exact) mass is 435 g/mol. The van der Waals surface area contributed by atoms with Crippen LogP contribution in [-0.4, -0.2) is 123 Å². The summed E-state index contributed by atoms with van der Waals surface area (Å²) in [4.78, 5) is 11.3. The third-order valence-corrected chi connectivity index (χ3v) is 4.83. The van der Waals surface area contributed by atoms with Gasteiger partial charge in [0.1, 0.15) is 42.7 Å². The average molecular weight is 435 g/mol. The predicted octanol–water partition coefficient (Wildman–Crippen LogP) is -5.90. The lowest BCUT2D eigenvalue weighted by molar-refractivity contribution is -0.334. The number of ether oxygens (including phenoxy) is 3. The van der Waals surface area contributed by atoms with Crippen LogP contribution in [0.5, 0.6) is 0 Å². The number of hydrogen-bond acceptors (Lipinski definition) is 12. The molecule has 0 aromatic carbocycles. The van der Waals surface area contributed by atoms with E-state index in [1.807, 2.05) is 0 Å². The molecule has 0 saturated carbocycles. The summed E-state index contributed by atoms with van der Waals surface area (Å²) in [5, 5.41) is 67.5. The van der Waals surface area contributed by atoms with E-state index in [1.165, 1.54) is 4.72 Å². The summed E-state index contributed by atoms with van der Waals surface area (Å²) < 4.78 is 47.6. The number of carboxylic acid groups (broad SMARTS) is 1. The minimum absolute atomic E-state index is 0.871. The summed E-state index contributed by atoms with van der Waals surface area (Å²) in [6.45, 7) is -0.871. The van der Waals surface area contributed by atoms with Gasteiger partial charge in [0.05, 0.1) is 6.61 Å². The highest BCUT2D eigenvalue weighted by Gasteiger charge is 2.53. The molecule has 0 aromatic heterocycles. The van der Waals surface area contributed by atoms with E-state index in [-0.39, 0.29) is 0 Å². The molecule has 2 aliphatic rings. The zero-order chi connectivity index (χ0) is 21.4. The molecule has 0 amide bonds. The van der Waals surface area contributed by atoms with E-state index in [0.29, 0.717) is 0 Å².